The highest BCUT2D eigenvalue weighted by molar-refractivity contribution is 5.76. The third kappa shape index (κ3) is 5.38. The molecule has 0 saturated heterocycles. The highest BCUT2D eigenvalue weighted by Gasteiger charge is 2.24. The van der Waals surface area contributed by atoms with Crippen LogP contribution in [0.4, 0.5) is 0 Å². The van der Waals surface area contributed by atoms with Gasteiger partial charge in [0, 0.05) is 19.0 Å². The van der Waals surface area contributed by atoms with Gasteiger partial charge in [-0.2, -0.15) is 0 Å². The van der Waals surface area contributed by atoms with Crippen molar-refractivity contribution in [1.82, 2.24) is 5.32 Å². The Labute approximate surface area is 112 Å². The van der Waals surface area contributed by atoms with Crippen molar-refractivity contribution >= 4 is 5.91 Å². The molecule has 0 aliphatic heterocycles. The number of hydrogen-bond donors (Lipinski definition) is 2. The highest BCUT2D eigenvalue weighted by atomic mass is 16.1. The molecule has 1 aliphatic carbocycles. The molecule has 1 amide bonds. The van der Waals surface area contributed by atoms with Crippen molar-refractivity contribution in [3.8, 4) is 0 Å². The van der Waals surface area contributed by atoms with Gasteiger partial charge in [0.25, 0.3) is 0 Å². The number of amides is 1. The van der Waals surface area contributed by atoms with E-state index in [1.165, 1.54) is 25.7 Å². The molecule has 18 heavy (non-hydrogen) atoms. The molecule has 3 nitrogen and oxygen atoms in total. The molecule has 0 aromatic carbocycles. The van der Waals surface area contributed by atoms with Crippen molar-refractivity contribution in [3.05, 3.63) is 0 Å². The van der Waals surface area contributed by atoms with Gasteiger partial charge in [0.05, 0.1) is 0 Å². The zero-order valence-corrected chi connectivity index (χ0v) is 12.5. The molecule has 1 fully saturated rings. The summed E-state index contributed by atoms with van der Waals surface area (Å²) in [6.07, 6.45) is 5.57. The van der Waals surface area contributed by atoms with Gasteiger partial charge in [0.1, 0.15) is 0 Å². The molecule has 0 aromatic rings. The first kappa shape index (κ1) is 15.5. The van der Waals surface area contributed by atoms with Crippen molar-refractivity contribution in [2.24, 2.45) is 23.0 Å². The van der Waals surface area contributed by atoms with E-state index in [2.05, 4.69) is 33.0 Å². The molecule has 0 spiro atoms. The van der Waals surface area contributed by atoms with Crippen LogP contribution in [0.2, 0.25) is 0 Å². The summed E-state index contributed by atoms with van der Waals surface area (Å²) < 4.78 is 0. The molecule has 1 unspecified atom stereocenters. The second-order valence-electron chi connectivity index (χ2n) is 7.11. The van der Waals surface area contributed by atoms with E-state index in [1.807, 2.05) is 0 Å². The first-order valence-electron chi connectivity index (χ1n) is 7.31. The van der Waals surface area contributed by atoms with Crippen LogP contribution in [-0.4, -0.2) is 18.5 Å². The molecular formula is C15H30N2O. The van der Waals surface area contributed by atoms with Gasteiger partial charge in [0.2, 0.25) is 5.91 Å². The van der Waals surface area contributed by atoms with Gasteiger partial charge < -0.3 is 11.1 Å². The van der Waals surface area contributed by atoms with Crippen LogP contribution in [0, 0.1) is 17.3 Å². The smallest absolute Gasteiger partial charge is 0.221 e. The number of hydrogen-bond acceptors (Lipinski definition) is 2. The molecule has 0 aromatic heterocycles. The van der Waals surface area contributed by atoms with Crippen LogP contribution >= 0.6 is 0 Å². The maximum atomic E-state index is 11.8. The quantitative estimate of drug-likeness (QED) is 0.810. The lowest BCUT2D eigenvalue weighted by Gasteiger charge is -2.28. The molecule has 0 bridgehead atoms. The van der Waals surface area contributed by atoms with Crippen LogP contribution < -0.4 is 11.1 Å². The zero-order chi connectivity index (χ0) is 13.8. The summed E-state index contributed by atoms with van der Waals surface area (Å²) >= 11 is 0. The minimum atomic E-state index is -0.0659. The first-order chi connectivity index (χ1) is 8.29. The third-order valence-corrected chi connectivity index (χ3v) is 4.24. The Morgan fingerprint density at radius 3 is 2.33 bits per heavy atom. The molecule has 3 N–H and O–H groups in total. The fraction of sp³-hybridized carbons (Fsp3) is 0.933. The Morgan fingerprint density at radius 1 is 1.28 bits per heavy atom. The predicted octanol–water partition coefficient (Wildman–Crippen LogP) is 2.69. The number of nitrogens with two attached hydrogens (primary N) is 1. The Hall–Kier alpha value is -0.570. The predicted molar refractivity (Wildman–Crippen MR) is 76.2 cm³/mol. The summed E-state index contributed by atoms with van der Waals surface area (Å²) in [6, 6.07) is -0.0659. The normalized spacial score (nSPS) is 26.7. The average molecular weight is 254 g/mol. The SMILES string of the molecule is CC1CCC(CNC(=O)CC(N)C(C)(C)C)CC1. The van der Waals surface area contributed by atoms with Gasteiger partial charge in [-0.05, 0) is 30.1 Å². The van der Waals surface area contributed by atoms with E-state index in [9.17, 15) is 4.79 Å². The monoisotopic (exact) mass is 254 g/mol. The first-order valence-corrected chi connectivity index (χ1v) is 7.31. The zero-order valence-electron chi connectivity index (χ0n) is 12.5. The molecule has 0 heterocycles. The fourth-order valence-corrected chi connectivity index (χ4v) is 2.37. The highest BCUT2D eigenvalue weighted by Crippen LogP contribution is 2.27. The van der Waals surface area contributed by atoms with Gasteiger partial charge in [0.15, 0.2) is 0 Å². The van der Waals surface area contributed by atoms with Gasteiger partial charge in [-0.1, -0.05) is 40.5 Å². The third-order valence-electron chi connectivity index (χ3n) is 4.24. The number of carbonyl (C=O) groups excluding carboxylic acids is 1. The molecule has 1 rings (SSSR count). The van der Waals surface area contributed by atoms with Crippen LogP contribution in [0.25, 0.3) is 0 Å². The second-order valence-corrected chi connectivity index (χ2v) is 7.11. The van der Waals surface area contributed by atoms with Crippen LogP contribution in [0.5, 0.6) is 0 Å². The van der Waals surface area contributed by atoms with E-state index in [0.29, 0.717) is 12.3 Å². The van der Waals surface area contributed by atoms with Crippen LogP contribution in [0.3, 0.4) is 0 Å². The van der Waals surface area contributed by atoms with Crippen LogP contribution in [0.15, 0.2) is 0 Å². The molecule has 106 valence electrons. The second kappa shape index (κ2) is 6.55. The van der Waals surface area contributed by atoms with Gasteiger partial charge in [-0.15, -0.1) is 0 Å². The van der Waals surface area contributed by atoms with Crippen LogP contribution in [-0.2, 0) is 4.79 Å². The number of nitrogens with one attached hydrogen (secondary N) is 1. The molecular weight excluding hydrogens is 224 g/mol. The summed E-state index contributed by atoms with van der Waals surface area (Å²) in [7, 11) is 0. The Balaban J connectivity index is 2.21. The van der Waals surface area contributed by atoms with Crippen molar-refractivity contribution in [1.29, 1.82) is 0 Å². The minimum Gasteiger partial charge on any atom is -0.356 e. The fourth-order valence-electron chi connectivity index (χ4n) is 2.37. The Kier molecular flexibility index (Phi) is 5.64. The van der Waals surface area contributed by atoms with E-state index in [-0.39, 0.29) is 17.4 Å². The maximum absolute atomic E-state index is 11.8. The lowest BCUT2D eigenvalue weighted by Crippen LogP contribution is -2.41. The average Bonchev–Trinajstić information content (AvgIpc) is 2.27. The molecule has 1 aliphatic rings. The summed E-state index contributed by atoms with van der Waals surface area (Å²) in [6.45, 7) is 9.38. The van der Waals surface area contributed by atoms with E-state index >= 15 is 0 Å². The maximum Gasteiger partial charge on any atom is 0.221 e. The lowest BCUT2D eigenvalue weighted by molar-refractivity contribution is -0.122. The van der Waals surface area contributed by atoms with E-state index < -0.39 is 0 Å². The Morgan fingerprint density at radius 2 is 1.83 bits per heavy atom. The van der Waals surface area contributed by atoms with Crippen molar-refractivity contribution in [2.75, 3.05) is 6.54 Å². The standard InChI is InChI=1S/C15H30N2O/c1-11-5-7-12(8-6-11)10-17-14(18)9-13(16)15(2,3)4/h11-13H,5-10,16H2,1-4H3,(H,17,18). The summed E-state index contributed by atoms with van der Waals surface area (Å²) in [5.41, 5.74) is 6.02. The summed E-state index contributed by atoms with van der Waals surface area (Å²) in [5, 5.41) is 3.05. The molecule has 3 heteroatoms. The molecule has 0 radical (unpaired) electrons. The topological polar surface area (TPSA) is 55.1 Å². The van der Waals surface area contributed by atoms with Crippen molar-refractivity contribution in [2.45, 2.75) is 65.8 Å². The molecule has 1 atom stereocenters. The molecule has 1 saturated carbocycles. The number of rotatable bonds is 4. The van der Waals surface area contributed by atoms with Crippen molar-refractivity contribution < 1.29 is 4.79 Å². The van der Waals surface area contributed by atoms with Gasteiger partial charge in [-0.3, -0.25) is 4.79 Å². The largest absolute Gasteiger partial charge is 0.356 e. The van der Waals surface area contributed by atoms with Crippen LogP contribution in [0.1, 0.15) is 59.8 Å². The minimum absolute atomic E-state index is 0.00237. The Bertz CT molecular complexity index is 262. The number of carbonyl (C=O) groups is 1. The van der Waals surface area contributed by atoms with E-state index in [4.69, 9.17) is 5.73 Å². The van der Waals surface area contributed by atoms with Crippen molar-refractivity contribution in [3.63, 3.8) is 0 Å². The summed E-state index contributed by atoms with van der Waals surface area (Å²) in [4.78, 5) is 11.8. The van der Waals surface area contributed by atoms with Gasteiger partial charge >= 0.3 is 0 Å². The lowest BCUT2D eigenvalue weighted by atomic mass is 9.83. The summed E-state index contributed by atoms with van der Waals surface area (Å²) in [5.74, 6) is 1.65. The van der Waals surface area contributed by atoms with E-state index in [1.54, 1.807) is 0 Å². The van der Waals surface area contributed by atoms with Gasteiger partial charge in [-0.25, -0.2) is 0 Å². The van der Waals surface area contributed by atoms with E-state index in [0.717, 1.165) is 12.5 Å².